The van der Waals surface area contributed by atoms with E-state index >= 15 is 0 Å². The number of hydrogen-bond acceptors (Lipinski definition) is 7. The molecule has 0 spiro atoms. The number of aromatic amines is 1. The fourth-order valence-electron chi connectivity index (χ4n) is 3.84. The number of thiol groups is 1. The first-order chi connectivity index (χ1) is 18.0. The molecule has 2 rings (SSSR count). The number of fused-ring (bicyclic) bond motifs is 1. The number of carboxylic acid groups (broad SMARTS) is 1. The third-order valence-corrected chi connectivity index (χ3v) is 6.73. The molecule has 5 unspecified atom stereocenters. The number of carboxylic acids is 1. The topological polar surface area (TPSA) is 210 Å². The van der Waals surface area contributed by atoms with Crippen molar-refractivity contribution in [3.8, 4) is 0 Å². The van der Waals surface area contributed by atoms with Crippen LogP contribution in [0.5, 0.6) is 0 Å². The standard InChI is InChI=1S/C25H36N6O6S/c1-3-13(2)21(25(36)37)31-24(35)19(12-38)30-23(34)18(29-22(33)16(26)8-9-20(27)32)10-14-11-28-17-7-5-4-6-15(14)17/h4-7,11,13,16,18-19,21,28,38H,3,8-10,12,26H2,1-2H3,(H2,27,32)(H,29,33)(H,30,34)(H,31,35)(H,36,37). The number of aromatic nitrogens is 1. The molecule has 12 nitrogen and oxygen atoms in total. The summed E-state index contributed by atoms with van der Waals surface area (Å²) in [6, 6.07) is 2.89. The molecular formula is C25H36N6O6S. The van der Waals surface area contributed by atoms with Crippen molar-refractivity contribution in [1.82, 2.24) is 20.9 Å². The summed E-state index contributed by atoms with van der Waals surface area (Å²) in [5, 5.41) is 18.0. The van der Waals surface area contributed by atoms with Gasteiger partial charge in [0.25, 0.3) is 0 Å². The number of primary amides is 1. The second-order valence-corrected chi connectivity index (χ2v) is 9.56. The van der Waals surface area contributed by atoms with Gasteiger partial charge < -0.3 is 37.5 Å². The van der Waals surface area contributed by atoms with Gasteiger partial charge in [-0.25, -0.2) is 4.79 Å². The van der Waals surface area contributed by atoms with Crippen LogP contribution >= 0.6 is 12.6 Å². The maximum absolute atomic E-state index is 13.3. The van der Waals surface area contributed by atoms with Gasteiger partial charge >= 0.3 is 5.97 Å². The van der Waals surface area contributed by atoms with E-state index in [4.69, 9.17) is 11.5 Å². The van der Waals surface area contributed by atoms with E-state index in [0.717, 1.165) is 16.5 Å². The van der Waals surface area contributed by atoms with Gasteiger partial charge in [-0.3, -0.25) is 19.2 Å². The summed E-state index contributed by atoms with van der Waals surface area (Å²) in [4.78, 5) is 64.7. The van der Waals surface area contributed by atoms with Gasteiger partial charge in [0.2, 0.25) is 23.6 Å². The fraction of sp³-hybridized carbons (Fsp3) is 0.480. The molecule has 1 aromatic carbocycles. The zero-order valence-corrected chi connectivity index (χ0v) is 22.3. The van der Waals surface area contributed by atoms with Crippen molar-refractivity contribution in [3.63, 3.8) is 0 Å². The molecule has 13 heteroatoms. The zero-order chi connectivity index (χ0) is 28.4. The summed E-state index contributed by atoms with van der Waals surface area (Å²) in [7, 11) is 0. The van der Waals surface area contributed by atoms with Gasteiger partial charge in [-0.15, -0.1) is 0 Å². The lowest BCUT2D eigenvalue weighted by Crippen LogP contribution is -2.58. The predicted octanol–water partition coefficient (Wildman–Crippen LogP) is -0.182. The van der Waals surface area contributed by atoms with Gasteiger partial charge in [-0.1, -0.05) is 38.5 Å². The van der Waals surface area contributed by atoms with E-state index in [1.807, 2.05) is 24.3 Å². The monoisotopic (exact) mass is 548 g/mol. The van der Waals surface area contributed by atoms with Gasteiger partial charge in [-0.2, -0.15) is 12.6 Å². The van der Waals surface area contributed by atoms with Gasteiger partial charge in [0.05, 0.1) is 6.04 Å². The Kier molecular flexibility index (Phi) is 11.6. The molecule has 1 aromatic heterocycles. The fourth-order valence-corrected chi connectivity index (χ4v) is 4.10. The number of para-hydroxylation sites is 1. The summed E-state index contributed by atoms with van der Waals surface area (Å²) in [5.41, 5.74) is 12.6. The number of nitrogens with one attached hydrogen (secondary N) is 4. The van der Waals surface area contributed by atoms with Crippen LogP contribution in [0.25, 0.3) is 10.9 Å². The van der Waals surface area contributed by atoms with Crippen molar-refractivity contribution in [1.29, 1.82) is 0 Å². The number of carbonyl (C=O) groups excluding carboxylic acids is 4. The van der Waals surface area contributed by atoms with E-state index in [-0.39, 0.29) is 30.9 Å². The number of benzene rings is 1. The van der Waals surface area contributed by atoms with Crippen molar-refractivity contribution in [2.45, 2.75) is 63.7 Å². The number of amides is 4. The number of aliphatic carboxylic acids is 1. The van der Waals surface area contributed by atoms with Crippen LogP contribution in [-0.2, 0) is 30.4 Å². The Bertz CT molecular complexity index is 1150. The minimum atomic E-state index is -1.19. The molecule has 0 aliphatic rings. The van der Waals surface area contributed by atoms with E-state index in [0.29, 0.717) is 6.42 Å². The van der Waals surface area contributed by atoms with Gasteiger partial charge in [0.15, 0.2) is 0 Å². The smallest absolute Gasteiger partial charge is 0.326 e. The summed E-state index contributed by atoms with van der Waals surface area (Å²) in [5.74, 6) is -4.32. The highest BCUT2D eigenvalue weighted by Crippen LogP contribution is 2.19. The molecule has 0 aliphatic carbocycles. The molecular weight excluding hydrogens is 512 g/mol. The van der Waals surface area contributed by atoms with E-state index in [9.17, 15) is 29.1 Å². The summed E-state index contributed by atoms with van der Waals surface area (Å²) >= 11 is 4.15. The first-order valence-electron chi connectivity index (χ1n) is 12.3. The Hall–Kier alpha value is -3.58. The van der Waals surface area contributed by atoms with E-state index < -0.39 is 53.8 Å². The number of rotatable bonds is 15. The van der Waals surface area contributed by atoms with Crippen molar-refractivity contribution in [2.75, 3.05) is 5.75 Å². The van der Waals surface area contributed by atoms with Crippen LogP contribution < -0.4 is 27.4 Å². The summed E-state index contributed by atoms with van der Waals surface area (Å²) in [6.07, 6.45) is 2.20. The number of hydrogen-bond donors (Lipinski definition) is 8. The Morgan fingerprint density at radius 3 is 2.26 bits per heavy atom. The number of nitrogens with two attached hydrogens (primary N) is 2. The highest BCUT2D eigenvalue weighted by atomic mass is 32.1. The third kappa shape index (κ3) is 8.48. The van der Waals surface area contributed by atoms with Crippen molar-refractivity contribution in [2.24, 2.45) is 17.4 Å². The Balaban J connectivity index is 2.23. The van der Waals surface area contributed by atoms with E-state index in [2.05, 4.69) is 33.6 Å². The van der Waals surface area contributed by atoms with Crippen LogP contribution in [-0.4, -0.2) is 69.6 Å². The van der Waals surface area contributed by atoms with Crippen molar-refractivity contribution >= 4 is 53.1 Å². The summed E-state index contributed by atoms with van der Waals surface area (Å²) in [6.45, 7) is 3.50. The van der Waals surface area contributed by atoms with Crippen LogP contribution in [0.1, 0.15) is 38.7 Å². The molecule has 5 atom stereocenters. The first-order valence-corrected chi connectivity index (χ1v) is 12.9. The van der Waals surface area contributed by atoms with Gasteiger partial charge in [-0.05, 0) is 24.0 Å². The normalized spacial score (nSPS) is 15.1. The van der Waals surface area contributed by atoms with Crippen LogP contribution in [0.3, 0.4) is 0 Å². The lowest BCUT2D eigenvalue weighted by atomic mass is 9.99. The minimum absolute atomic E-state index is 0.00352. The average molecular weight is 549 g/mol. The number of carbonyl (C=O) groups is 5. The zero-order valence-electron chi connectivity index (χ0n) is 21.4. The lowest BCUT2D eigenvalue weighted by Gasteiger charge is -2.26. The Morgan fingerprint density at radius 1 is 1.03 bits per heavy atom. The second kappa shape index (κ2) is 14.4. The maximum atomic E-state index is 13.3. The summed E-state index contributed by atoms with van der Waals surface area (Å²) < 4.78 is 0. The van der Waals surface area contributed by atoms with Crippen LogP contribution in [0.2, 0.25) is 0 Å². The molecule has 2 aromatic rings. The largest absolute Gasteiger partial charge is 0.480 e. The van der Waals surface area contributed by atoms with E-state index in [1.54, 1.807) is 20.0 Å². The molecule has 38 heavy (non-hydrogen) atoms. The van der Waals surface area contributed by atoms with Gasteiger partial charge in [0.1, 0.15) is 18.1 Å². The Labute approximate surface area is 226 Å². The SMILES string of the molecule is CCC(C)C(NC(=O)C(CS)NC(=O)C(Cc1c[nH]c2ccccc12)NC(=O)C(N)CCC(N)=O)C(=O)O. The molecule has 0 aliphatic heterocycles. The molecule has 0 saturated carbocycles. The van der Waals surface area contributed by atoms with Crippen LogP contribution in [0.15, 0.2) is 30.5 Å². The van der Waals surface area contributed by atoms with Crippen LogP contribution in [0.4, 0.5) is 0 Å². The third-order valence-electron chi connectivity index (χ3n) is 6.36. The maximum Gasteiger partial charge on any atom is 0.326 e. The highest BCUT2D eigenvalue weighted by Gasteiger charge is 2.31. The van der Waals surface area contributed by atoms with Crippen molar-refractivity contribution in [3.05, 3.63) is 36.0 Å². The van der Waals surface area contributed by atoms with Gasteiger partial charge in [0, 0.05) is 35.7 Å². The Morgan fingerprint density at radius 2 is 1.66 bits per heavy atom. The number of H-pyrrole nitrogens is 1. The molecule has 208 valence electrons. The predicted molar refractivity (Wildman–Crippen MR) is 145 cm³/mol. The van der Waals surface area contributed by atoms with Crippen LogP contribution in [0, 0.1) is 5.92 Å². The quantitative estimate of drug-likeness (QED) is 0.141. The lowest BCUT2D eigenvalue weighted by molar-refractivity contribution is -0.143. The highest BCUT2D eigenvalue weighted by molar-refractivity contribution is 7.80. The molecule has 0 fully saturated rings. The minimum Gasteiger partial charge on any atom is -0.480 e. The average Bonchev–Trinajstić information content (AvgIpc) is 3.30. The molecule has 9 N–H and O–H groups in total. The molecule has 0 bridgehead atoms. The molecule has 0 saturated heterocycles. The molecule has 0 radical (unpaired) electrons. The second-order valence-electron chi connectivity index (χ2n) is 9.19. The molecule has 4 amide bonds. The molecule has 1 heterocycles. The van der Waals surface area contributed by atoms with Crippen molar-refractivity contribution < 1.29 is 29.1 Å². The first kappa shape index (κ1) is 30.6. The van der Waals surface area contributed by atoms with E-state index in [1.165, 1.54) is 0 Å².